The molecule has 5 nitrogen and oxygen atoms in total. The number of nitrogens with two attached hydrogens (primary N) is 1. The molecule has 0 heterocycles. The molecule has 0 aromatic heterocycles. The first kappa shape index (κ1) is 15.5. The van der Waals surface area contributed by atoms with Crippen molar-refractivity contribution in [1.82, 2.24) is 0 Å². The predicted octanol–water partition coefficient (Wildman–Crippen LogP) is 2.77. The van der Waals surface area contributed by atoms with Crippen LogP contribution in [0.4, 0.5) is 5.69 Å². The second kappa shape index (κ2) is 6.56. The lowest BCUT2D eigenvalue weighted by atomic mass is 9.97. The van der Waals surface area contributed by atoms with E-state index >= 15 is 0 Å². The Balaban J connectivity index is 3.05. The topological polar surface area (TPSA) is 87.7 Å². The largest absolute Gasteiger partial charge is 0.409 e. The van der Waals surface area contributed by atoms with Crippen molar-refractivity contribution in [2.24, 2.45) is 22.7 Å². The van der Waals surface area contributed by atoms with Crippen LogP contribution in [0.15, 0.2) is 27.8 Å². The van der Waals surface area contributed by atoms with Crippen LogP contribution in [0, 0.1) is 11.8 Å². The quantitative estimate of drug-likeness (QED) is 0.344. The van der Waals surface area contributed by atoms with Crippen LogP contribution in [0.2, 0.25) is 0 Å². The van der Waals surface area contributed by atoms with Crippen molar-refractivity contribution in [2.45, 2.75) is 20.8 Å². The second-order valence-electron chi connectivity index (χ2n) is 4.70. The Morgan fingerprint density at radius 3 is 2.58 bits per heavy atom. The van der Waals surface area contributed by atoms with Gasteiger partial charge < -0.3 is 16.3 Å². The molecule has 19 heavy (non-hydrogen) atoms. The standard InChI is InChI=1S/C13H18BrN3O2/c1-7(2)8(3)13(18)16-11-5-4-9(14)6-10(11)12(15)17-19/h4-8,19H,1-3H3,(H2,15,17)(H,16,18). The smallest absolute Gasteiger partial charge is 0.227 e. The second-order valence-corrected chi connectivity index (χ2v) is 5.61. The third kappa shape index (κ3) is 3.96. The molecule has 4 N–H and O–H groups in total. The van der Waals surface area contributed by atoms with Crippen molar-refractivity contribution in [3.63, 3.8) is 0 Å². The van der Waals surface area contributed by atoms with E-state index in [0.717, 1.165) is 4.47 Å². The van der Waals surface area contributed by atoms with Gasteiger partial charge in [-0.3, -0.25) is 4.79 Å². The summed E-state index contributed by atoms with van der Waals surface area (Å²) < 4.78 is 0.781. The number of nitrogens with one attached hydrogen (secondary N) is 1. The Labute approximate surface area is 121 Å². The molecular formula is C13H18BrN3O2. The van der Waals surface area contributed by atoms with Gasteiger partial charge in [-0.15, -0.1) is 0 Å². The molecule has 104 valence electrons. The molecule has 1 aromatic carbocycles. The third-order valence-electron chi connectivity index (χ3n) is 3.04. The van der Waals surface area contributed by atoms with Crippen molar-refractivity contribution in [3.05, 3.63) is 28.2 Å². The zero-order valence-corrected chi connectivity index (χ0v) is 12.7. The lowest BCUT2D eigenvalue weighted by Crippen LogP contribution is -2.26. The zero-order valence-electron chi connectivity index (χ0n) is 11.1. The fraction of sp³-hybridized carbons (Fsp3) is 0.385. The van der Waals surface area contributed by atoms with E-state index < -0.39 is 0 Å². The zero-order chi connectivity index (χ0) is 14.6. The molecule has 0 aliphatic carbocycles. The molecule has 1 rings (SSSR count). The average Bonchev–Trinajstić information content (AvgIpc) is 2.38. The Morgan fingerprint density at radius 2 is 2.05 bits per heavy atom. The highest BCUT2D eigenvalue weighted by Crippen LogP contribution is 2.22. The summed E-state index contributed by atoms with van der Waals surface area (Å²) in [4.78, 5) is 12.0. The van der Waals surface area contributed by atoms with Gasteiger partial charge in [0.2, 0.25) is 5.91 Å². The van der Waals surface area contributed by atoms with Gasteiger partial charge >= 0.3 is 0 Å². The van der Waals surface area contributed by atoms with Crippen LogP contribution in [-0.2, 0) is 4.79 Å². The van der Waals surface area contributed by atoms with Gasteiger partial charge in [-0.1, -0.05) is 41.9 Å². The summed E-state index contributed by atoms with van der Waals surface area (Å²) in [5, 5.41) is 14.5. The molecule has 0 saturated heterocycles. The first-order chi connectivity index (χ1) is 8.86. The maximum Gasteiger partial charge on any atom is 0.227 e. The van der Waals surface area contributed by atoms with E-state index in [2.05, 4.69) is 26.4 Å². The predicted molar refractivity (Wildman–Crippen MR) is 79.3 cm³/mol. The van der Waals surface area contributed by atoms with E-state index in [1.807, 2.05) is 20.8 Å². The minimum absolute atomic E-state index is 0.0474. The number of halogens is 1. The minimum Gasteiger partial charge on any atom is -0.409 e. The van der Waals surface area contributed by atoms with E-state index in [1.54, 1.807) is 18.2 Å². The molecule has 0 radical (unpaired) electrons. The van der Waals surface area contributed by atoms with Gasteiger partial charge in [0.15, 0.2) is 5.84 Å². The number of hydrogen-bond donors (Lipinski definition) is 3. The van der Waals surface area contributed by atoms with Crippen LogP contribution in [0.1, 0.15) is 26.3 Å². The van der Waals surface area contributed by atoms with Gasteiger partial charge in [-0.2, -0.15) is 0 Å². The normalized spacial score (nSPS) is 13.4. The number of carbonyl (C=O) groups excluding carboxylic acids is 1. The van der Waals surface area contributed by atoms with E-state index in [1.165, 1.54) is 0 Å². The van der Waals surface area contributed by atoms with Gasteiger partial charge in [-0.25, -0.2) is 0 Å². The lowest BCUT2D eigenvalue weighted by molar-refractivity contribution is -0.120. The van der Waals surface area contributed by atoms with Crippen LogP contribution < -0.4 is 11.1 Å². The first-order valence-corrected chi connectivity index (χ1v) is 6.74. The number of rotatable bonds is 4. The van der Waals surface area contributed by atoms with E-state index in [0.29, 0.717) is 11.3 Å². The fourth-order valence-electron chi connectivity index (χ4n) is 1.44. The highest BCUT2D eigenvalue weighted by Gasteiger charge is 2.18. The molecule has 1 aromatic rings. The van der Waals surface area contributed by atoms with Crippen molar-refractivity contribution < 1.29 is 10.0 Å². The van der Waals surface area contributed by atoms with Crippen LogP contribution in [0.5, 0.6) is 0 Å². The molecule has 6 heteroatoms. The molecule has 0 saturated carbocycles. The number of nitrogens with zero attached hydrogens (tertiary/aromatic N) is 1. The number of amidine groups is 1. The SMILES string of the molecule is CC(C)C(C)C(=O)Nc1ccc(Br)cc1/C(N)=N/O. The van der Waals surface area contributed by atoms with Gasteiger partial charge in [-0.05, 0) is 24.1 Å². The van der Waals surface area contributed by atoms with Crippen LogP contribution in [0.3, 0.4) is 0 Å². The third-order valence-corrected chi connectivity index (χ3v) is 3.53. The summed E-state index contributed by atoms with van der Waals surface area (Å²) in [6.45, 7) is 5.83. The van der Waals surface area contributed by atoms with Crippen molar-refractivity contribution in [1.29, 1.82) is 0 Å². The van der Waals surface area contributed by atoms with Crippen LogP contribution in [0.25, 0.3) is 0 Å². The summed E-state index contributed by atoms with van der Waals surface area (Å²) >= 11 is 3.31. The minimum atomic E-state index is -0.121. The molecule has 0 spiro atoms. The number of carbonyl (C=O) groups is 1. The molecule has 1 amide bonds. The molecule has 1 atom stereocenters. The van der Waals surface area contributed by atoms with Crippen LogP contribution in [-0.4, -0.2) is 17.0 Å². The number of oxime groups is 1. The molecule has 1 unspecified atom stereocenters. The van der Waals surface area contributed by atoms with Crippen molar-refractivity contribution in [2.75, 3.05) is 5.32 Å². The molecule has 0 aliphatic rings. The number of anilines is 1. The summed E-state index contributed by atoms with van der Waals surface area (Å²) in [5.41, 5.74) is 6.60. The number of benzene rings is 1. The summed E-state index contributed by atoms with van der Waals surface area (Å²) in [6.07, 6.45) is 0. The van der Waals surface area contributed by atoms with Gasteiger partial charge in [0.05, 0.1) is 5.69 Å². The van der Waals surface area contributed by atoms with Crippen molar-refractivity contribution >= 4 is 33.4 Å². The Morgan fingerprint density at radius 1 is 1.42 bits per heavy atom. The van der Waals surface area contributed by atoms with Crippen molar-refractivity contribution in [3.8, 4) is 0 Å². The summed E-state index contributed by atoms with van der Waals surface area (Å²) in [6, 6.07) is 5.18. The molecule has 0 bridgehead atoms. The Kier molecular flexibility index (Phi) is 5.35. The lowest BCUT2D eigenvalue weighted by Gasteiger charge is -2.17. The number of hydrogen-bond acceptors (Lipinski definition) is 3. The first-order valence-electron chi connectivity index (χ1n) is 5.95. The van der Waals surface area contributed by atoms with E-state index in [9.17, 15) is 4.79 Å². The maximum atomic E-state index is 12.0. The van der Waals surface area contributed by atoms with E-state index in [4.69, 9.17) is 10.9 Å². The maximum absolute atomic E-state index is 12.0. The fourth-order valence-corrected chi connectivity index (χ4v) is 1.80. The van der Waals surface area contributed by atoms with Crippen LogP contribution >= 0.6 is 15.9 Å². The molecule has 0 aliphatic heterocycles. The summed E-state index contributed by atoms with van der Waals surface area (Å²) in [7, 11) is 0. The Bertz CT molecular complexity index is 501. The summed E-state index contributed by atoms with van der Waals surface area (Å²) in [5.74, 6) is -0.0235. The molecular weight excluding hydrogens is 310 g/mol. The monoisotopic (exact) mass is 327 g/mol. The highest BCUT2D eigenvalue weighted by atomic mass is 79.9. The average molecular weight is 328 g/mol. The van der Waals surface area contributed by atoms with Gasteiger partial charge in [0.1, 0.15) is 0 Å². The molecule has 0 fully saturated rings. The highest BCUT2D eigenvalue weighted by molar-refractivity contribution is 9.10. The van der Waals surface area contributed by atoms with Gasteiger partial charge in [0, 0.05) is 16.0 Å². The van der Waals surface area contributed by atoms with Gasteiger partial charge in [0.25, 0.3) is 0 Å². The van der Waals surface area contributed by atoms with E-state index in [-0.39, 0.29) is 23.6 Å². The number of amides is 1. The Hall–Kier alpha value is -1.56.